The number of esters is 2. The van der Waals surface area contributed by atoms with Gasteiger partial charge in [0.05, 0.1) is 7.11 Å². The molecule has 0 fully saturated rings. The molecule has 0 heterocycles. The normalized spacial score (nSPS) is 9.75. The molecule has 1 amide bonds. The second-order valence-corrected chi connectivity index (χ2v) is 4.09. The molecule has 1 N–H and O–H groups in total. The highest BCUT2D eigenvalue weighted by atomic mass is 16.5. The van der Waals surface area contributed by atoms with Crippen molar-refractivity contribution in [2.75, 3.05) is 12.4 Å². The monoisotopic (exact) mass is 279 g/mol. The predicted molar refractivity (Wildman–Crippen MR) is 72.6 cm³/mol. The van der Waals surface area contributed by atoms with Gasteiger partial charge in [-0.3, -0.25) is 9.59 Å². The Kier molecular flexibility index (Phi) is 5.71. The summed E-state index contributed by atoms with van der Waals surface area (Å²) in [5.74, 6) is -1.24. The summed E-state index contributed by atoms with van der Waals surface area (Å²) in [5, 5.41) is 2.66. The van der Waals surface area contributed by atoms with Gasteiger partial charge in [-0.15, -0.1) is 0 Å². The van der Waals surface area contributed by atoms with E-state index in [1.807, 2.05) is 6.92 Å². The third kappa shape index (κ3) is 4.38. The number of carbonyl (C=O) groups is 3. The molecular weight excluding hydrogens is 262 g/mol. The van der Waals surface area contributed by atoms with Crippen molar-refractivity contribution in [3.05, 3.63) is 23.8 Å². The zero-order chi connectivity index (χ0) is 15.1. The fourth-order valence-corrected chi connectivity index (χ4v) is 1.57. The lowest BCUT2D eigenvalue weighted by Crippen LogP contribution is -2.13. The van der Waals surface area contributed by atoms with Crippen LogP contribution in [0, 0.1) is 0 Å². The number of nitrogens with one attached hydrogen (secondary N) is 1. The Labute approximate surface area is 117 Å². The first-order valence-corrected chi connectivity index (χ1v) is 6.18. The minimum Gasteiger partial charge on any atom is -0.465 e. The average molecular weight is 279 g/mol. The summed E-state index contributed by atoms with van der Waals surface area (Å²) >= 11 is 0. The molecule has 6 heteroatoms. The molecule has 0 atom stereocenters. The quantitative estimate of drug-likeness (QED) is 0.659. The van der Waals surface area contributed by atoms with E-state index in [1.54, 1.807) is 6.07 Å². The Morgan fingerprint density at radius 1 is 1.25 bits per heavy atom. The molecule has 0 aliphatic carbocycles. The Hall–Kier alpha value is -2.37. The van der Waals surface area contributed by atoms with Crippen molar-refractivity contribution in [3.63, 3.8) is 0 Å². The maximum Gasteiger partial charge on any atom is 0.341 e. The van der Waals surface area contributed by atoms with Crippen LogP contribution in [-0.2, 0) is 14.3 Å². The first-order valence-electron chi connectivity index (χ1n) is 6.18. The van der Waals surface area contributed by atoms with E-state index in [1.165, 1.54) is 26.2 Å². The number of hydrogen-bond acceptors (Lipinski definition) is 5. The summed E-state index contributed by atoms with van der Waals surface area (Å²) in [6.45, 7) is 3.13. The third-order valence-electron chi connectivity index (χ3n) is 2.40. The molecule has 0 spiro atoms. The number of amides is 1. The molecule has 0 bridgehead atoms. The van der Waals surface area contributed by atoms with Crippen molar-refractivity contribution in [2.24, 2.45) is 0 Å². The van der Waals surface area contributed by atoms with Gasteiger partial charge in [-0.1, -0.05) is 6.92 Å². The molecule has 0 radical (unpaired) electrons. The van der Waals surface area contributed by atoms with Crippen LogP contribution in [0.4, 0.5) is 5.69 Å². The molecule has 20 heavy (non-hydrogen) atoms. The van der Waals surface area contributed by atoms with E-state index in [-0.39, 0.29) is 17.2 Å². The molecule has 1 aromatic rings. The number of benzene rings is 1. The Bertz CT molecular complexity index is 524. The molecule has 0 unspecified atom stereocenters. The van der Waals surface area contributed by atoms with Gasteiger partial charge in [0.25, 0.3) is 0 Å². The molecule has 1 rings (SSSR count). The van der Waals surface area contributed by atoms with Crippen molar-refractivity contribution in [1.29, 1.82) is 0 Å². The van der Waals surface area contributed by atoms with E-state index in [4.69, 9.17) is 4.74 Å². The van der Waals surface area contributed by atoms with Crippen LogP contribution < -0.4 is 10.1 Å². The topological polar surface area (TPSA) is 81.7 Å². The summed E-state index contributed by atoms with van der Waals surface area (Å²) in [5.41, 5.74) is 0.525. The van der Waals surface area contributed by atoms with E-state index in [9.17, 15) is 14.4 Å². The highest BCUT2D eigenvalue weighted by Crippen LogP contribution is 2.24. The van der Waals surface area contributed by atoms with Crippen LogP contribution in [-0.4, -0.2) is 25.0 Å². The van der Waals surface area contributed by atoms with Crippen LogP contribution in [0.3, 0.4) is 0 Å². The molecule has 0 aliphatic rings. The minimum absolute atomic E-state index is 0.0806. The largest absolute Gasteiger partial charge is 0.465 e. The lowest BCUT2D eigenvalue weighted by molar-refractivity contribution is -0.131. The van der Waals surface area contributed by atoms with Crippen LogP contribution in [0.25, 0.3) is 0 Å². The number of methoxy groups -OCH3 is 1. The van der Waals surface area contributed by atoms with Crippen molar-refractivity contribution in [1.82, 2.24) is 0 Å². The van der Waals surface area contributed by atoms with Crippen LogP contribution in [0.2, 0.25) is 0 Å². The van der Waals surface area contributed by atoms with E-state index >= 15 is 0 Å². The van der Waals surface area contributed by atoms with Gasteiger partial charge < -0.3 is 14.8 Å². The Balaban J connectivity index is 3.04. The van der Waals surface area contributed by atoms with E-state index < -0.39 is 11.9 Å². The first kappa shape index (κ1) is 15.7. The van der Waals surface area contributed by atoms with Gasteiger partial charge in [-0.25, -0.2) is 4.79 Å². The molecule has 0 saturated heterocycles. The van der Waals surface area contributed by atoms with Crippen LogP contribution >= 0.6 is 0 Å². The van der Waals surface area contributed by atoms with Crippen molar-refractivity contribution in [2.45, 2.75) is 26.7 Å². The molecule has 6 nitrogen and oxygen atoms in total. The second kappa shape index (κ2) is 7.28. The maximum atomic E-state index is 11.7. The Morgan fingerprint density at radius 2 is 1.95 bits per heavy atom. The van der Waals surface area contributed by atoms with Gasteiger partial charge in [0, 0.05) is 19.0 Å². The average Bonchev–Trinajstić information content (AvgIpc) is 2.39. The fraction of sp³-hybridized carbons (Fsp3) is 0.357. The summed E-state index contributed by atoms with van der Waals surface area (Å²) in [6.07, 6.45) is 1.11. The number of hydrogen-bond donors (Lipinski definition) is 1. The summed E-state index contributed by atoms with van der Waals surface area (Å²) in [4.78, 5) is 34.1. The lowest BCUT2D eigenvalue weighted by atomic mass is 10.1. The number of rotatable bonds is 5. The lowest BCUT2D eigenvalue weighted by Gasteiger charge is -2.10. The van der Waals surface area contributed by atoms with Crippen LogP contribution in [0.5, 0.6) is 5.75 Å². The summed E-state index contributed by atoms with van der Waals surface area (Å²) in [7, 11) is 1.22. The van der Waals surface area contributed by atoms with Crippen molar-refractivity contribution < 1.29 is 23.9 Å². The summed E-state index contributed by atoms with van der Waals surface area (Å²) < 4.78 is 9.55. The number of carbonyl (C=O) groups excluding carboxylic acids is 3. The zero-order valence-electron chi connectivity index (χ0n) is 11.7. The van der Waals surface area contributed by atoms with Gasteiger partial charge in [0.15, 0.2) is 0 Å². The van der Waals surface area contributed by atoms with E-state index in [0.717, 1.165) is 6.42 Å². The van der Waals surface area contributed by atoms with Crippen LogP contribution in [0.15, 0.2) is 18.2 Å². The van der Waals surface area contributed by atoms with E-state index in [2.05, 4.69) is 10.1 Å². The van der Waals surface area contributed by atoms with Crippen molar-refractivity contribution >= 4 is 23.5 Å². The zero-order valence-corrected chi connectivity index (χ0v) is 11.7. The SMILES string of the molecule is CCCC(=O)Nc1ccc(OC(C)=O)c(C(=O)OC)c1. The molecule has 108 valence electrons. The third-order valence-corrected chi connectivity index (χ3v) is 2.40. The predicted octanol–water partition coefficient (Wildman–Crippen LogP) is 2.14. The van der Waals surface area contributed by atoms with Crippen LogP contribution in [0.1, 0.15) is 37.0 Å². The van der Waals surface area contributed by atoms with Gasteiger partial charge in [-0.2, -0.15) is 0 Å². The van der Waals surface area contributed by atoms with Gasteiger partial charge >= 0.3 is 11.9 Å². The van der Waals surface area contributed by atoms with Gasteiger partial charge in [0.2, 0.25) is 5.91 Å². The second-order valence-electron chi connectivity index (χ2n) is 4.09. The first-order chi connectivity index (χ1) is 9.47. The van der Waals surface area contributed by atoms with Gasteiger partial charge in [-0.05, 0) is 24.6 Å². The van der Waals surface area contributed by atoms with Crippen molar-refractivity contribution in [3.8, 4) is 5.75 Å². The highest BCUT2D eigenvalue weighted by Gasteiger charge is 2.16. The number of ether oxygens (including phenoxy) is 2. The molecule has 0 aliphatic heterocycles. The minimum atomic E-state index is -0.646. The molecular formula is C14H17NO5. The molecule has 1 aromatic carbocycles. The van der Waals surface area contributed by atoms with Gasteiger partial charge in [0.1, 0.15) is 11.3 Å². The fourth-order valence-electron chi connectivity index (χ4n) is 1.57. The molecule has 0 saturated carbocycles. The number of anilines is 1. The highest BCUT2D eigenvalue weighted by molar-refractivity contribution is 5.97. The van der Waals surface area contributed by atoms with E-state index in [0.29, 0.717) is 12.1 Å². The smallest absolute Gasteiger partial charge is 0.341 e. The molecule has 0 aromatic heterocycles. The Morgan fingerprint density at radius 3 is 2.50 bits per heavy atom. The maximum absolute atomic E-state index is 11.7. The standard InChI is InChI=1S/C14H17NO5/c1-4-5-13(17)15-10-6-7-12(20-9(2)16)11(8-10)14(18)19-3/h6-8H,4-5H2,1-3H3,(H,15,17). The summed E-state index contributed by atoms with van der Waals surface area (Å²) in [6, 6.07) is 4.41.